The van der Waals surface area contributed by atoms with E-state index in [1.165, 1.54) is 28.6 Å². The van der Waals surface area contributed by atoms with E-state index in [0.29, 0.717) is 45.0 Å². The Hall–Kier alpha value is -2.75. The SMILES string of the molecule is O=C(O[C@H](C(=O)N1CCOCC1)c1ccccc1)c1cccc(S(=O)(=O)N2CCCCCC2)c1. The first-order valence-corrected chi connectivity index (χ1v) is 13.1. The van der Waals surface area contributed by atoms with Crippen LogP contribution in [0.2, 0.25) is 0 Å². The first kappa shape index (κ1) is 24.4. The van der Waals surface area contributed by atoms with E-state index < -0.39 is 22.1 Å². The van der Waals surface area contributed by atoms with Crippen LogP contribution in [-0.4, -0.2) is 68.9 Å². The van der Waals surface area contributed by atoms with Gasteiger partial charge in [0.1, 0.15) is 0 Å². The van der Waals surface area contributed by atoms with Crippen molar-refractivity contribution in [2.75, 3.05) is 39.4 Å². The minimum absolute atomic E-state index is 0.0552. The Kier molecular flexibility index (Phi) is 7.97. The van der Waals surface area contributed by atoms with Crippen LogP contribution in [-0.2, 0) is 24.3 Å². The maximum absolute atomic E-state index is 13.2. The summed E-state index contributed by atoms with van der Waals surface area (Å²) >= 11 is 0. The highest BCUT2D eigenvalue weighted by Crippen LogP contribution is 2.25. The zero-order valence-electron chi connectivity index (χ0n) is 19.1. The number of benzene rings is 2. The third-order valence-corrected chi connectivity index (χ3v) is 8.04. The number of amides is 1. The number of carbonyl (C=O) groups excluding carboxylic acids is 2. The van der Waals surface area contributed by atoms with Crippen LogP contribution < -0.4 is 0 Å². The van der Waals surface area contributed by atoms with Crippen molar-refractivity contribution in [1.29, 1.82) is 0 Å². The molecule has 1 atom stereocenters. The van der Waals surface area contributed by atoms with Crippen molar-refractivity contribution < 1.29 is 27.5 Å². The van der Waals surface area contributed by atoms with Gasteiger partial charge in [0.15, 0.2) is 0 Å². The quantitative estimate of drug-likeness (QED) is 0.583. The first-order valence-electron chi connectivity index (χ1n) is 11.7. The van der Waals surface area contributed by atoms with Crippen molar-refractivity contribution in [2.45, 2.75) is 36.7 Å². The Morgan fingerprint density at radius 3 is 2.21 bits per heavy atom. The molecule has 2 saturated heterocycles. The zero-order valence-corrected chi connectivity index (χ0v) is 19.9. The van der Waals surface area contributed by atoms with Gasteiger partial charge in [0.25, 0.3) is 5.91 Å². The molecule has 0 spiro atoms. The highest BCUT2D eigenvalue weighted by Gasteiger charge is 2.32. The fourth-order valence-corrected chi connectivity index (χ4v) is 5.79. The second-order valence-electron chi connectivity index (χ2n) is 8.48. The Labute approximate surface area is 200 Å². The molecule has 0 saturated carbocycles. The second kappa shape index (κ2) is 11.1. The van der Waals surface area contributed by atoms with Crippen molar-refractivity contribution in [2.24, 2.45) is 0 Å². The Morgan fingerprint density at radius 2 is 1.53 bits per heavy atom. The highest BCUT2D eigenvalue weighted by atomic mass is 32.2. The van der Waals surface area contributed by atoms with Crippen LogP contribution in [0.5, 0.6) is 0 Å². The summed E-state index contributed by atoms with van der Waals surface area (Å²) in [5, 5.41) is 0. The fourth-order valence-electron chi connectivity index (χ4n) is 4.23. The number of nitrogens with zero attached hydrogens (tertiary/aromatic N) is 2. The van der Waals surface area contributed by atoms with Gasteiger partial charge < -0.3 is 14.4 Å². The third-order valence-electron chi connectivity index (χ3n) is 6.15. The van der Waals surface area contributed by atoms with Gasteiger partial charge in [-0.05, 0) is 31.0 Å². The van der Waals surface area contributed by atoms with Gasteiger partial charge in [0, 0.05) is 31.7 Å². The first-order chi connectivity index (χ1) is 16.5. The topological polar surface area (TPSA) is 93.2 Å². The molecule has 2 aliphatic heterocycles. The molecule has 8 nitrogen and oxygen atoms in total. The molecular formula is C25H30N2O6S. The third kappa shape index (κ3) is 5.65. The predicted octanol–water partition coefficient (Wildman–Crippen LogP) is 3.01. The van der Waals surface area contributed by atoms with Crippen LogP contribution in [0, 0.1) is 0 Å². The monoisotopic (exact) mass is 486 g/mol. The van der Waals surface area contributed by atoms with Crippen LogP contribution in [0.25, 0.3) is 0 Å². The zero-order chi connectivity index (χ0) is 24.0. The normalized spacial score (nSPS) is 18.6. The second-order valence-corrected chi connectivity index (χ2v) is 10.4. The maximum Gasteiger partial charge on any atom is 0.339 e. The number of carbonyl (C=O) groups is 2. The Balaban J connectivity index is 1.56. The number of ether oxygens (including phenoxy) is 2. The molecule has 0 bridgehead atoms. The standard InChI is InChI=1S/C25H30N2O6S/c28-24(26-15-17-32-18-16-26)23(20-9-4-3-5-10-20)33-25(29)21-11-8-12-22(19-21)34(30,31)27-13-6-1-2-7-14-27/h3-5,8-12,19,23H,1-2,6-7,13-18H2/t23-/m0/s1. The lowest BCUT2D eigenvalue weighted by Crippen LogP contribution is -2.44. The van der Waals surface area contributed by atoms with Crippen LogP contribution in [0.3, 0.4) is 0 Å². The van der Waals surface area contributed by atoms with E-state index in [2.05, 4.69) is 0 Å². The molecule has 2 heterocycles. The largest absolute Gasteiger partial charge is 0.444 e. The van der Waals surface area contributed by atoms with Crippen molar-refractivity contribution in [3.05, 3.63) is 65.7 Å². The fraction of sp³-hybridized carbons (Fsp3) is 0.440. The molecule has 0 radical (unpaired) electrons. The molecule has 34 heavy (non-hydrogen) atoms. The van der Waals surface area contributed by atoms with Gasteiger partial charge in [0.2, 0.25) is 16.1 Å². The Morgan fingerprint density at radius 1 is 0.853 bits per heavy atom. The molecule has 0 aromatic heterocycles. The molecule has 0 N–H and O–H groups in total. The number of morpholine rings is 1. The molecule has 0 aliphatic carbocycles. The Bertz CT molecular complexity index is 1090. The molecular weight excluding hydrogens is 456 g/mol. The van der Waals surface area contributed by atoms with Gasteiger partial charge >= 0.3 is 5.97 Å². The van der Waals surface area contributed by atoms with E-state index in [0.717, 1.165) is 25.7 Å². The summed E-state index contributed by atoms with van der Waals surface area (Å²) in [5.41, 5.74) is 0.646. The average Bonchev–Trinajstić information content (AvgIpc) is 3.18. The summed E-state index contributed by atoms with van der Waals surface area (Å²) in [6.45, 7) is 2.64. The lowest BCUT2D eigenvalue weighted by molar-refractivity contribution is -0.145. The molecule has 2 fully saturated rings. The summed E-state index contributed by atoms with van der Waals surface area (Å²) in [6.07, 6.45) is 2.54. The molecule has 9 heteroatoms. The molecule has 4 rings (SSSR count). The van der Waals surface area contributed by atoms with Gasteiger partial charge in [0.05, 0.1) is 23.7 Å². The van der Waals surface area contributed by atoms with Crippen molar-refractivity contribution >= 4 is 21.9 Å². The molecule has 0 unspecified atom stereocenters. The van der Waals surface area contributed by atoms with Gasteiger partial charge in [-0.2, -0.15) is 4.31 Å². The van der Waals surface area contributed by atoms with Gasteiger partial charge in [-0.25, -0.2) is 13.2 Å². The van der Waals surface area contributed by atoms with Gasteiger partial charge in [-0.15, -0.1) is 0 Å². The van der Waals surface area contributed by atoms with Gasteiger partial charge in [-0.1, -0.05) is 49.2 Å². The van der Waals surface area contributed by atoms with Gasteiger partial charge in [-0.3, -0.25) is 4.79 Å². The number of sulfonamides is 1. The van der Waals surface area contributed by atoms with E-state index in [4.69, 9.17) is 9.47 Å². The molecule has 2 aliphatic rings. The highest BCUT2D eigenvalue weighted by molar-refractivity contribution is 7.89. The molecule has 2 aromatic rings. The van der Waals surface area contributed by atoms with Crippen molar-refractivity contribution in [1.82, 2.24) is 9.21 Å². The maximum atomic E-state index is 13.2. The van der Waals surface area contributed by atoms with Crippen molar-refractivity contribution in [3.63, 3.8) is 0 Å². The van der Waals surface area contributed by atoms with Crippen LogP contribution >= 0.6 is 0 Å². The molecule has 182 valence electrons. The van der Waals surface area contributed by atoms with E-state index >= 15 is 0 Å². The summed E-state index contributed by atoms with van der Waals surface area (Å²) in [7, 11) is -3.72. The number of rotatable bonds is 6. The number of hydrogen-bond donors (Lipinski definition) is 0. The summed E-state index contributed by atoms with van der Waals surface area (Å²) in [5.74, 6) is -1.07. The average molecular weight is 487 g/mol. The lowest BCUT2D eigenvalue weighted by atomic mass is 10.1. The van der Waals surface area contributed by atoms with Crippen LogP contribution in [0.1, 0.15) is 47.7 Å². The van der Waals surface area contributed by atoms with Crippen LogP contribution in [0.4, 0.5) is 0 Å². The van der Waals surface area contributed by atoms with E-state index in [-0.39, 0.29) is 16.4 Å². The minimum atomic E-state index is -3.72. The van der Waals surface area contributed by atoms with E-state index in [9.17, 15) is 18.0 Å². The van der Waals surface area contributed by atoms with Crippen molar-refractivity contribution in [3.8, 4) is 0 Å². The molecule has 1 amide bonds. The summed E-state index contributed by atoms with van der Waals surface area (Å²) < 4.78 is 38.9. The summed E-state index contributed by atoms with van der Waals surface area (Å²) in [6, 6.07) is 14.7. The smallest absolute Gasteiger partial charge is 0.339 e. The number of hydrogen-bond acceptors (Lipinski definition) is 6. The lowest BCUT2D eigenvalue weighted by Gasteiger charge is -2.30. The van der Waals surface area contributed by atoms with E-state index in [1.54, 1.807) is 29.2 Å². The molecule has 2 aromatic carbocycles. The summed E-state index contributed by atoms with van der Waals surface area (Å²) in [4.78, 5) is 28.0. The van der Waals surface area contributed by atoms with E-state index in [1.807, 2.05) is 6.07 Å². The minimum Gasteiger partial charge on any atom is -0.444 e. The predicted molar refractivity (Wildman–Crippen MR) is 126 cm³/mol. The number of esters is 1. The van der Waals surface area contributed by atoms with Crippen LogP contribution in [0.15, 0.2) is 59.5 Å².